The Morgan fingerprint density at radius 2 is 0.667 bits per heavy atom. The van der Waals surface area contributed by atoms with E-state index in [0.29, 0.717) is 0 Å². The van der Waals surface area contributed by atoms with Crippen LogP contribution in [0.3, 0.4) is 0 Å². The monoisotopic (exact) mass is 924 g/mol. The molecule has 0 fully saturated rings. The van der Waals surface area contributed by atoms with Crippen LogP contribution in [-0.4, -0.2) is 19.1 Å². The van der Waals surface area contributed by atoms with E-state index >= 15 is 0 Å². The Hall–Kier alpha value is -9.00. The first-order valence-electron chi connectivity index (χ1n) is 25.0. The van der Waals surface area contributed by atoms with Crippen LogP contribution in [0.2, 0.25) is 0 Å². The van der Waals surface area contributed by atoms with Crippen LogP contribution in [-0.2, 0) is 10.8 Å². The highest BCUT2D eigenvalue weighted by atomic mass is 15.2. The van der Waals surface area contributed by atoms with Crippen molar-refractivity contribution in [3.63, 3.8) is 0 Å². The Bertz CT molecular complexity index is 4070. The van der Waals surface area contributed by atoms with Crippen molar-refractivity contribution < 1.29 is 0 Å². The Labute approximate surface area is 417 Å². The summed E-state index contributed by atoms with van der Waals surface area (Å²) in [6.45, 7) is 9.57. The molecule has 0 saturated carbocycles. The van der Waals surface area contributed by atoms with E-state index in [0.717, 1.165) is 44.8 Å². The fraction of sp³-hybridized carbons (Fsp3) is 0.0909. The molecule has 6 heteroatoms. The fourth-order valence-electron chi connectivity index (χ4n) is 12.9. The highest BCUT2D eigenvalue weighted by molar-refractivity contribution is 6.25. The molecule has 4 aromatic heterocycles. The highest BCUT2D eigenvalue weighted by Gasteiger charge is 2.42. The lowest BCUT2D eigenvalue weighted by Gasteiger charge is -2.44. The number of hydrogen-bond donors (Lipinski definition) is 0. The second-order valence-corrected chi connectivity index (χ2v) is 20.6. The van der Waals surface area contributed by atoms with E-state index in [-0.39, 0.29) is 10.8 Å². The van der Waals surface area contributed by atoms with Crippen molar-refractivity contribution in [3.8, 4) is 11.4 Å². The van der Waals surface area contributed by atoms with Crippen LogP contribution in [0.15, 0.2) is 219 Å². The van der Waals surface area contributed by atoms with Crippen LogP contribution in [0.4, 0.5) is 34.1 Å². The average molecular weight is 925 g/mol. The predicted octanol–water partition coefficient (Wildman–Crippen LogP) is 17.2. The maximum atomic E-state index is 4.61. The lowest BCUT2D eigenvalue weighted by atomic mass is 9.72. The van der Waals surface area contributed by atoms with E-state index < -0.39 is 0 Å². The van der Waals surface area contributed by atoms with Crippen molar-refractivity contribution >= 4 is 99.3 Å². The van der Waals surface area contributed by atoms with Gasteiger partial charge in [-0.2, -0.15) is 0 Å². The minimum Gasteiger partial charge on any atom is -0.309 e. The molecular weight excluding hydrogens is 877 g/mol. The third-order valence-corrected chi connectivity index (χ3v) is 16.2. The largest absolute Gasteiger partial charge is 0.309 e. The van der Waals surface area contributed by atoms with E-state index in [1.165, 1.54) is 88.1 Å². The number of benzene rings is 9. The van der Waals surface area contributed by atoms with Gasteiger partial charge in [0.1, 0.15) is 0 Å². The maximum absolute atomic E-state index is 4.61. The van der Waals surface area contributed by atoms with Crippen LogP contribution in [0.5, 0.6) is 0 Å². The van der Waals surface area contributed by atoms with Gasteiger partial charge in [0.25, 0.3) is 0 Å². The van der Waals surface area contributed by atoms with Gasteiger partial charge in [-0.1, -0.05) is 149 Å². The average Bonchev–Trinajstić information content (AvgIpc) is 3.93. The van der Waals surface area contributed by atoms with E-state index in [1.807, 2.05) is 36.9 Å². The molecule has 0 radical (unpaired) electrons. The molecule has 72 heavy (non-hydrogen) atoms. The van der Waals surface area contributed by atoms with Gasteiger partial charge in [0.15, 0.2) is 0 Å². The third-order valence-electron chi connectivity index (χ3n) is 16.2. The van der Waals surface area contributed by atoms with Crippen molar-refractivity contribution in [2.45, 2.75) is 38.5 Å². The van der Waals surface area contributed by atoms with Crippen LogP contribution in [0.25, 0.3) is 76.5 Å². The first-order valence-corrected chi connectivity index (χ1v) is 25.0. The van der Waals surface area contributed by atoms with Crippen LogP contribution in [0.1, 0.15) is 49.9 Å². The molecule has 342 valence electrons. The van der Waals surface area contributed by atoms with Crippen molar-refractivity contribution in [3.05, 3.63) is 241 Å². The van der Waals surface area contributed by atoms with Crippen LogP contribution < -0.4 is 9.80 Å². The number of pyridine rings is 2. The summed E-state index contributed by atoms with van der Waals surface area (Å²) in [5.41, 5.74) is 18.3. The molecule has 0 spiro atoms. The van der Waals surface area contributed by atoms with Crippen LogP contribution >= 0.6 is 0 Å². The Morgan fingerprint density at radius 1 is 0.306 bits per heavy atom. The smallest absolute Gasteiger partial charge is 0.0645 e. The number of hydrogen-bond acceptors (Lipinski definition) is 4. The van der Waals surface area contributed by atoms with Gasteiger partial charge in [0, 0.05) is 66.3 Å². The van der Waals surface area contributed by atoms with E-state index in [2.05, 4.69) is 239 Å². The minimum atomic E-state index is -0.308. The second-order valence-electron chi connectivity index (χ2n) is 20.6. The zero-order valence-corrected chi connectivity index (χ0v) is 40.5. The Kier molecular flexibility index (Phi) is 8.38. The standard InChI is InChI=1S/C66H48N6/c1-65(2)51-27-11-15-31-57(51)71(61-37-59-49(35-53(61)65)43-21-9-13-29-55(43)69(59)41-19-17-33-67-39-41)63-45-23-5-7-25-47(45)64(48-26-8-6-24-46(48)63)72-58-32-16-12-28-52(58)66(3,4)54-36-50-44-22-10-14-30-56(44)70(60(50)38-62(54)72)42-20-18-34-68-40-42/h5-40H,1-4H3. The summed E-state index contributed by atoms with van der Waals surface area (Å²) in [5.74, 6) is 0. The minimum absolute atomic E-state index is 0.308. The van der Waals surface area contributed by atoms with Gasteiger partial charge in [-0.05, 0) is 95.1 Å². The van der Waals surface area contributed by atoms with Crippen LogP contribution in [0, 0.1) is 0 Å². The summed E-state index contributed by atoms with van der Waals surface area (Å²) in [4.78, 5) is 14.4. The number of para-hydroxylation sites is 4. The molecule has 2 aliphatic rings. The SMILES string of the molecule is CC1(C)c2ccccc2N(c2c3ccccc3c(N3c4ccccc4C(C)(C)c4cc5c6ccccc6n(-c6cccnc6)c5cc43)c3ccccc23)c2cc3c(cc21)c1ccccc1n3-c1cccnc1. The van der Waals surface area contributed by atoms with E-state index in [9.17, 15) is 0 Å². The molecule has 6 heterocycles. The summed E-state index contributed by atoms with van der Waals surface area (Å²) in [5, 5.41) is 9.61. The molecule has 0 unspecified atom stereocenters. The Morgan fingerprint density at radius 3 is 1.06 bits per heavy atom. The summed E-state index contributed by atoms with van der Waals surface area (Å²) in [6, 6.07) is 72.2. The van der Waals surface area contributed by atoms with Gasteiger partial charge in [0.2, 0.25) is 0 Å². The van der Waals surface area contributed by atoms with Crippen molar-refractivity contribution in [2.75, 3.05) is 9.80 Å². The third kappa shape index (κ3) is 5.44. The fourth-order valence-corrected chi connectivity index (χ4v) is 12.9. The second kappa shape index (κ2) is 14.8. The van der Waals surface area contributed by atoms with Gasteiger partial charge in [-0.3, -0.25) is 9.97 Å². The number of fused-ring (bicyclic) bond motifs is 12. The Balaban J connectivity index is 1.06. The van der Waals surface area contributed by atoms with E-state index in [1.54, 1.807) is 0 Å². The molecule has 0 atom stereocenters. The molecule has 0 N–H and O–H groups in total. The van der Waals surface area contributed by atoms with Gasteiger partial charge in [-0.15, -0.1) is 0 Å². The summed E-state index contributed by atoms with van der Waals surface area (Å²) < 4.78 is 4.78. The summed E-state index contributed by atoms with van der Waals surface area (Å²) in [7, 11) is 0. The van der Waals surface area contributed by atoms with Crippen molar-refractivity contribution in [2.24, 2.45) is 0 Å². The molecular formula is C66H48N6. The molecule has 6 nitrogen and oxygen atoms in total. The van der Waals surface area contributed by atoms with Crippen molar-refractivity contribution in [1.29, 1.82) is 0 Å². The molecule has 15 rings (SSSR count). The number of anilines is 6. The quantitative estimate of drug-likeness (QED) is 0.165. The zero-order chi connectivity index (χ0) is 48.0. The topological polar surface area (TPSA) is 42.1 Å². The van der Waals surface area contributed by atoms with E-state index in [4.69, 9.17) is 0 Å². The van der Waals surface area contributed by atoms with Gasteiger partial charge >= 0.3 is 0 Å². The number of nitrogens with zero attached hydrogens (tertiary/aromatic N) is 6. The molecule has 0 aliphatic carbocycles. The molecule has 0 saturated heterocycles. The number of rotatable bonds is 4. The lowest BCUT2D eigenvalue weighted by molar-refractivity contribution is 0.633. The highest BCUT2D eigenvalue weighted by Crippen LogP contribution is 2.60. The zero-order valence-electron chi connectivity index (χ0n) is 40.5. The molecule has 0 bridgehead atoms. The lowest BCUT2D eigenvalue weighted by Crippen LogP contribution is -2.31. The van der Waals surface area contributed by atoms with Gasteiger partial charge < -0.3 is 18.9 Å². The molecule has 0 amide bonds. The van der Waals surface area contributed by atoms with Crippen molar-refractivity contribution in [1.82, 2.24) is 19.1 Å². The molecule has 13 aromatic rings. The molecule has 9 aromatic carbocycles. The maximum Gasteiger partial charge on any atom is 0.0645 e. The summed E-state index contributed by atoms with van der Waals surface area (Å²) in [6.07, 6.45) is 7.66. The predicted molar refractivity (Wildman–Crippen MR) is 299 cm³/mol. The van der Waals surface area contributed by atoms with Gasteiger partial charge in [-0.25, -0.2) is 0 Å². The number of aromatic nitrogens is 4. The van der Waals surface area contributed by atoms with Gasteiger partial charge in [0.05, 0.1) is 80.0 Å². The first-order chi connectivity index (χ1) is 35.3. The first kappa shape index (κ1) is 40.8. The summed E-state index contributed by atoms with van der Waals surface area (Å²) >= 11 is 0. The molecule has 2 aliphatic heterocycles. The normalized spacial score (nSPS) is 14.6.